The van der Waals surface area contributed by atoms with Crippen LogP contribution in [0.1, 0.15) is 37.5 Å². The highest BCUT2D eigenvalue weighted by Gasteiger charge is 2.07. The van der Waals surface area contributed by atoms with Crippen LogP contribution < -0.4 is 5.32 Å². The summed E-state index contributed by atoms with van der Waals surface area (Å²) in [4.78, 5) is 23.3. The van der Waals surface area contributed by atoms with Gasteiger partial charge in [-0.25, -0.2) is 4.79 Å². The topological polar surface area (TPSA) is 68.5 Å². The average molecular weight is 327 g/mol. The molecule has 0 aliphatic heterocycles. The molecule has 0 spiro atoms. The van der Waals surface area contributed by atoms with Crippen LogP contribution in [0.2, 0.25) is 0 Å². The second kappa shape index (κ2) is 8.72. The first kappa shape index (κ1) is 17.5. The van der Waals surface area contributed by atoms with Crippen molar-refractivity contribution in [2.24, 2.45) is 0 Å². The minimum atomic E-state index is -0.603. The number of esters is 1. The maximum absolute atomic E-state index is 11.8. The number of benzene rings is 1. The minimum Gasteiger partial charge on any atom is -0.465 e. The summed E-state index contributed by atoms with van der Waals surface area (Å²) >= 11 is 0. The highest BCUT2D eigenvalue weighted by atomic mass is 16.5. The molecule has 0 fully saturated rings. The summed E-state index contributed by atoms with van der Waals surface area (Å²) in [5, 5.41) is 2.69. The van der Waals surface area contributed by atoms with Gasteiger partial charge < -0.3 is 14.5 Å². The van der Waals surface area contributed by atoms with Gasteiger partial charge >= 0.3 is 5.97 Å². The van der Waals surface area contributed by atoms with Crippen LogP contribution in [0.5, 0.6) is 0 Å². The van der Waals surface area contributed by atoms with Gasteiger partial charge in [0.05, 0.1) is 6.26 Å². The summed E-state index contributed by atoms with van der Waals surface area (Å²) in [6.07, 6.45) is 5.26. The molecule has 1 atom stereocenters. The predicted molar refractivity (Wildman–Crippen MR) is 92.5 cm³/mol. The molecular formula is C19H21NO4. The fourth-order valence-corrected chi connectivity index (χ4v) is 2.05. The lowest BCUT2D eigenvalue weighted by Crippen LogP contribution is -2.20. The van der Waals surface area contributed by atoms with Crippen molar-refractivity contribution in [1.82, 2.24) is 0 Å². The van der Waals surface area contributed by atoms with Gasteiger partial charge in [0.25, 0.3) is 5.91 Å². The van der Waals surface area contributed by atoms with Crippen LogP contribution in [0, 0.1) is 0 Å². The van der Waals surface area contributed by atoms with Crippen molar-refractivity contribution in [2.45, 2.75) is 26.2 Å². The molecule has 5 heteroatoms. The van der Waals surface area contributed by atoms with E-state index in [-0.39, 0.29) is 12.5 Å². The van der Waals surface area contributed by atoms with Gasteiger partial charge in [-0.2, -0.15) is 0 Å². The Morgan fingerprint density at radius 1 is 1.25 bits per heavy atom. The van der Waals surface area contributed by atoms with Gasteiger partial charge in [0.15, 0.2) is 6.61 Å². The maximum Gasteiger partial charge on any atom is 0.331 e. The molecule has 5 nitrogen and oxygen atoms in total. The third kappa shape index (κ3) is 5.43. The van der Waals surface area contributed by atoms with E-state index in [1.807, 2.05) is 24.3 Å². The van der Waals surface area contributed by atoms with Crippen LogP contribution in [0.4, 0.5) is 5.69 Å². The third-order valence-electron chi connectivity index (χ3n) is 3.65. The van der Waals surface area contributed by atoms with Crippen molar-refractivity contribution in [3.8, 4) is 0 Å². The zero-order valence-electron chi connectivity index (χ0n) is 13.8. The highest BCUT2D eigenvalue weighted by Crippen LogP contribution is 2.20. The molecule has 1 aromatic heterocycles. The SMILES string of the molecule is CC[C@@H](C)c1ccc(NC(=O)COC(=O)/C=C/c2ccco2)cc1. The van der Waals surface area contributed by atoms with E-state index in [4.69, 9.17) is 9.15 Å². The van der Waals surface area contributed by atoms with Crippen LogP contribution in [0.15, 0.2) is 53.2 Å². The Morgan fingerprint density at radius 3 is 2.62 bits per heavy atom. The van der Waals surface area contributed by atoms with Crippen LogP contribution >= 0.6 is 0 Å². The Morgan fingerprint density at radius 2 is 2.00 bits per heavy atom. The number of rotatable bonds is 7. The summed E-state index contributed by atoms with van der Waals surface area (Å²) in [5.41, 5.74) is 1.90. The van der Waals surface area contributed by atoms with Gasteiger partial charge in [-0.1, -0.05) is 26.0 Å². The molecular weight excluding hydrogens is 306 g/mol. The number of hydrogen-bond acceptors (Lipinski definition) is 4. The number of nitrogens with one attached hydrogen (secondary N) is 1. The number of carbonyl (C=O) groups excluding carboxylic acids is 2. The minimum absolute atomic E-state index is 0.339. The number of anilines is 1. The summed E-state index contributed by atoms with van der Waals surface area (Å²) < 4.78 is 9.92. The number of hydrogen-bond donors (Lipinski definition) is 1. The molecule has 0 bridgehead atoms. The van der Waals surface area contributed by atoms with Gasteiger partial charge in [0.1, 0.15) is 5.76 Å². The molecule has 0 unspecified atom stereocenters. The van der Waals surface area contributed by atoms with E-state index in [1.54, 1.807) is 12.1 Å². The van der Waals surface area contributed by atoms with Crippen LogP contribution in [-0.2, 0) is 14.3 Å². The standard InChI is InChI=1S/C19H21NO4/c1-3-14(2)15-6-8-16(9-7-15)20-18(21)13-24-19(22)11-10-17-5-4-12-23-17/h4-12,14H,3,13H2,1-2H3,(H,20,21)/b11-10+/t14-/m1/s1. The molecule has 0 saturated heterocycles. The van der Waals surface area contributed by atoms with Crippen molar-refractivity contribution in [1.29, 1.82) is 0 Å². The van der Waals surface area contributed by atoms with Crippen molar-refractivity contribution >= 4 is 23.6 Å². The van der Waals surface area contributed by atoms with E-state index in [9.17, 15) is 9.59 Å². The van der Waals surface area contributed by atoms with E-state index in [1.165, 1.54) is 24.0 Å². The normalized spacial score (nSPS) is 12.1. The third-order valence-corrected chi connectivity index (χ3v) is 3.65. The van der Waals surface area contributed by atoms with Crippen molar-refractivity contribution in [2.75, 3.05) is 11.9 Å². The Bertz CT molecular complexity index is 687. The first-order valence-corrected chi connectivity index (χ1v) is 7.86. The molecule has 1 amide bonds. The van der Waals surface area contributed by atoms with Crippen LogP contribution in [0.25, 0.3) is 6.08 Å². The second-order valence-corrected chi connectivity index (χ2v) is 5.44. The summed E-state index contributed by atoms with van der Waals surface area (Å²) in [7, 11) is 0. The molecule has 1 N–H and O–H groups in total. The zero-order chi connectivity index (χ0) is 17.4. The highest BCUT2D eigenvalue weighted by molar-refractivity contribution is 5.94. The zero-order valence-corrected chi connectivity index (χ0v) is 13.8. The van der Waals surface area contributed by atoms with E-state index >= 15 is 0 Å². The first-order chi connectivity index (χ1) is 11.6. The molecule has 1 heterocycles. The fourth-order valence-electron chi connectivity index (χ4n) is 2.05. The molecule has 0 aliphatic carbocycles. The number of ether oxygens (including phenoxy) is 1. The van der Waals surface area contributed by atoms with Gasteiger partial charge in [0, 0.05) is 11.8 Å². The lowest BCUT2D eigenvalue weighted by Gasteiger charge is -2.10. The van der Waals surface area contributed by atoms with Gasteiger partial charge in [-0.3, -0.25) is 4.79 Å². The summed E-state index contributed by atoms with van der Waals surface area (Å²) in [6.45, 7) is 3.95. The Hall–Kier alpha value is -2.82. The van der Waals surface area contributed by atoms with Gasteiger partial charge in [-0.05, 0) is 48.2 Å². The smallest absolute Gasteiger partial charge is 0.331 e. The fraction of sp³-hybridized carbons (Fsp3) is 0.263. The van der Waals surface area contributed by atoms with Crippen molar-refractivity contribution in [3.05, 3.63) is 60.1 Å². The summed E-state index contributed by atoms with van der Waals surface area (Å²) in [6, 6.07) is 11.1. The summed E-state index contributed by atoms with van der Waals surface area (Å²) in [5.74, 6) is 0.0363. The molecule has 1 aromatic carbocycles. The Labute approximate surface area is 141 Å². The predicted octanol–water partition coefficient (Wildman–Crippen LogP) is 3.99. The van der Waals surface area contributed by atoms with E-state index in [2.05, 4.69) is 19.2 Å². The molecule has 24 heavy (non-hydrogen) atoms. The first-order valence-electron chi connectivity index (χ1n) is 7.86. The second-order valence-electron chi connectivity index (χ2n) is 5.44. The molecule has 2 rings (SSSR count). The number of furan rings is 1. The molecule has 0 radical (unpaired) electrons. The Balaban J connectivity index is 1.77. The lowest BCUT2D eigenvalue weighted by molar-refractivity contribution is -0.142. The van der Waals surface area contributed by atoms with Crippen molar-refractivity contribution < 1.29 is 18.7 Å². The molecule has 0 aliphatic rings. The Kier molecular flexibility index (Phi) is 6.37. The van der Waals surface area contributed by atoms with Crippen LogP contribution in [0.3, 0.4) is 0 Å². The van der Waals surface area contributed by atoms with Gasteiger partial charge in [0.2, 0.25) is 0 Å². The monoisotopic (exact) mass is 327 g/mol. The largest absolute Gasteiger partial charge is 0.465 e. The molecule has 0 saturated carbocycles. The van der Waals surface area contributed by atoms with Gasteiger partial charge in [-0.15, -0.1) is 0 Å². The molecule has 2 aromatic rings. The number of amides is 1. The van der Waals surface area contributed by atoms with E-state index in [0.717, 1.165) is 6.42 Å². The molecule has 126 valence electrons. The maximum atomic E-state index is 11.8. The van der Waals surface area contributed by atoms with Crippen molar-refractivity contribution in [3.63, 3.8) is 0 Å². The van der Waals surface area contributed by atoms with E-state index in [0.29, 0.717) is 17.4 Å². The van der Waals surface area contributed by atoms with Crippen LogP contribution in [-0.4, -0.2) is 18.5 Å². The average Bonchev–Trinajstić information content (AvgIpc) is 3.11. The quantitative estimate of drug-likeness (QED) is 0.617. The lowest BCUT2D eigenvalue weighted by atomic mass is 9.99. The number of carbonyl (C=O) groups is 2. The van der Waals surface area contributed by atoms with E-state index < -0.39 is 5.97 Å².